The third-order valence-corrected chi connectivity index (χ3v) is 5.95. The number of ether oxygens (including phenoxy) is 1. The highest BCUT2D eigenvalue weighted by Crippen LogP contribution is 2.33. The second kappa shape index (κ2) is 9.26. The van der Waals surface area contributed by atoms with Crippen molar-refractivity contribution in [3.8, 4) is 0 Å². The number of benzene rings is 1. The van der Waals surface area contributed by atoms with Crippen molar-refractivity contribution in [2.45, 2.75) is 56.8 Å². The fourth-order valence-electron chi connectivity index (χ4n) is 4.22. The molecule has 2 heterocycles. The lowest BCUT2D eigenvalue weighted by Crippen LogP contribution is -2.57. The zero-order valence-corrected chi connectivity index (χ0v) is 17.2. The van der Waals surface area contributed by atoms with Gasteiger partial charge in [-0.25, -0.2) is 5.43 Å². The molecule has 1 saturated heterocycles. The van der Waals surface area contributed by atoms with Crippen molar-refractivity contribution < 1.29 is 9.53 Å². The summed E-state index contributed by atoms with van der Waals surface area (Å²) in [4.78, 5) is 15.3. The van der Waals surface area contributed by atoms with Crippen LogP contribution >= 0.6 is 0 Å². The highest BCUT2D eigenvalue weighted by molar-refractivity contribution is 5.82. The number of amides is 1. The molecular weight excluding hydrogens is 366 g/mol. The van der Waals surface area contributed by atoms with Crippen molar-refractivity contribution in [1.29, 1.82) is 0 Å². The van der Waals surface area contributed by atoms with Gasteiger partial charge in [-0.05, 0) is 57.4 Å². The van der Waals surface area contributed by atoms with E-state index in [1.807, 2.05) is 18.2 Å². The summed E-state index contributed by atoms with van der Waals surface area (Å²) in [6.07, 6.45) is 5.90. The predicted octanol–water partition coefficient (Wildman–Crippen LogP) is 1.37. The van der Waals surface area contributed by atoms with E-state index in [4.69, 9.17) is 10.5 Å². The van der Waals surface area contributed by atoms with Crippen molar-refractivity contribution in [2.75, 3.05) is 31.3 Å². The van der Waals surface area contributed by atoms with Gasteiger partial charge in [-0.2, -0.15) is 0 Å². The molecule has 2 aliphatic heterocycles. The highest BCUT2D eigenvalue weighted by Gasteiger charge is 2.42. The second-order valence-electron chi connectivity index (χ2n) is 8.16. The third-order valence-electron chi connectivity index (χ3n) is 5.95. The number of nitrogens with two attached hydrogens (primary N) is 1. The lowest BCUT2D eigenvalue weighted by Gasteiger charge is -2.37. The molecule has 0 aromatic heterocycles. The Morgan fingerprint density at radius 2 is 2.14 bits per heavy atom. The first-order valence-corrected chi connectivity index (χ1v) is 10.9. The Hall–Kier alpha value is -1.93. The van der Waals surface area contributed by atoms with E-state index in [1.54, 1.807) is 0 Å². The highest BCUT2D eigenvalue weighted by atomic mass is 16.5. The van der Waals surface area contributed by atoms with Gasteiger partial charge in [0, 0.05) is 30.9 Å². The average molecular weight is 400 g/mol. The Kier molecular flexibility index (Phi) is 6.50. The Bertz CT molecular complexity index is 715. The van der Waals surface area contributed by atoms with E-state index in [9.17, 15) is 4.79 Å². The maximum atomic E-state index is 13.3. The van der Waals surface area contributed by atoms with E-state index in [-0.39, 0.29) is 24.1 Å². The number of morpholine rings is 1. The first-order valence-electron chi connectivity index (χ1n) is 10.9. The van der Waals surface area contributed by atoms with Crippen LogP contribution < -0.4 is 21.5 Å². The smallest absolute Gasteiger partial charge is 0.253 e. The number of hydrogen-bond acceptors (Lipinski definition) is 6. The molecule has 7 heteroatoms. The van der Waals surface area contributed by atoms with E-state index < -0.39 is 0 Å². The van der Waals surface area contributed by atoms with Crippen LogP contribution in [0, 0.1) is 0 Å². The van der Waals surface area contributed by atoms with Crippen LogP contribution in [0.4, 0.5) is 5.69 Å². The molecule has 1 unspecified atom stereocenters. The van der Waals surface area contributed by atoms with Crippen LogP contribution in [0.25, 0.3) is 0 Å². The Labute approximate surface area is 173 Å². The normalized spacial score (nSPS) is 25.6. The van der Waals surface area contributed by atoms with Crippen LogP contribution in [-0.2, 0) is 9.53 Å². The number of rotatable bonds is 8. The quantitative estimate of drug-likeness (QED) is 0.613. The molecule has 158 valence electrons. The molecule has 7 nitrogen and oxygen atoms in total. The van der Waals surface area contributed by atoms with Gasteiger partial charge in [0.2, 0.25) is 0 Å². The lowest BCUT2D eigenvalue weighted by molar-refractivity contribution is -0.148. The minimum Gasteiger partial charge on any atom is -0.366 e. The van der Waals surface area contributed by atoms with Gasteiger partial charge in [0.15, 0.2) is 0 Å². The zero-order valence-electron chi connectivity index (χ0n) is 17.2. The van der Waals surface area contributed by atoms with Crippen molar-refractivity contribution in [1.82, 2.24) is 15.6 Å². The summed E-state index contributed by atoms with van der Waals surface area (Å²) in [5.74, 6) is 0.115. The van der Waals surface area contributed by atoms with Crippen LogP contribution in [0.2, 0.25) is 0 Å². The standard InChI is InChI=1S/C22H33N5O2/c1-16(26(17-9-10-17)22(28)21-15-24-12-13-29-21)20-14-19(8-5-11-23)27(25-20)18-6-3-2-4-7-18/h2-4,6-7,14,16-17,20-21,24-25H,5,8-13,15,23H2,1H3/t16-,20?,21-/m1/s1. The molecule has 0 bridgehead atoms. The van der Waals surface area contributed by atoms with Gasteiger partial charge in [0.05, 0.1) is 18.3 Å². The van der Waals surface area contributed by atoms with Crippen LogP contribution in [-0.4, -0.2) is 61.3 Å². The van der Waals surface area contributed by atoms with Crippen molar-refractivity contribution in [3.05, 3.63) is 42.1 Å². The maximum absolute atomic E-state index is 13.3. The lowest BCUT2D eigenvalue weighted by atomic mass is 10.1. The summed E-state index contributed by atoms with van der Waals surface area (Å²) in [5, 5.41) is 5.43. The fourth-order valence-corrected chi connectivity index (χ4v) is 4.22. The first-order chi connectivity index (χ1) is 14.2. The molecule has 1 aromatic carbocycles. The van der Waals surface area contributed by atoms with E-state index in [2.05, 4.69) is 45.8 Å². The number of hydrazine groups is 1. The molecule has 3 atom stereocenters. The van der Waals surface area contributed by atoms with Gasteiger partial charge in [0.25, 0.3) is 5.91 Å². The van der Waals surface area contributed by atoms with Gasteiger partial charge in [-0.1, -0.05) is 18.2 Å². The average Bonchev–Trinajstić information content (AvgIpc) is 3.51. The van der Waals surface area contributed by atoms with Crippen molar-refractivity contribution in [2.24, 2.45) is 5.73 Å². The summed E-state index contributed by atoms with van der Waals surface area (Å²) in [7, 11) is 0. The maximum Gasteiger partial charge on any atom is 0.253 e. The molecule has 2 fully saturated rings. The number of para-hydroxylation sites is 1. The van der Waals surface area contributed by atoms with E-state index in [0.717, 1.165) is 37.9 Å². The molecule has 1 amide bonds. The molecule has 3 aliphatic rings. The summed E-state index contributed by atoms with van der Waals surface area (Å²) in [6.45, 7) is 4.82. The molecule has 4 rings (SSSR count). The molecule has 29 heavy (non-hydrogen) atoms. The predicted molar refractivity (Wildman–Crippen MR) is 114 cm³/mol. The summed E-state index contributed by atoms with van der Waals surface area (Å²) < 4.78 is 5.76. The van der Waals surface area contributed by atoms with Crippen LogP contribution in [0.15, 0.2) is 42.1 Å². The summed E-state index contributed by atoms with van der Waals surface area (Å²) in [5.41, 5.74) is 11.7. The zero-order chi connectivity index (χ0) is 20.2. The van der Waals surface area contributed by atoms with Gasteiger partial charge in [0.1, 0.15) is 6.10 Å². The SMILES string of the molecule is C[C@H](C1C=C(CCCN)N(c2ccccc2)N1)N(C(=O)[C@H]1CNCCO1)C1CC1. The summed E-state index contributed by atoms with van der Waals surface area (Å²) in [6, 6.07) is 10.7. The molecule has 1 aromatic rings. The van der Waals surface area contributed by atoms with Crippen molar-refractivity contribution >= 4 is 11.6 Å². The van der Waals surface area contributed by atoms with Gasteiger partial charge in [-0.15, -0.1) is 0 Å². The minimum atomic E-state index is -0.376. The Morgan fingerprint density at radius 1 is 1.34 bits per heavy atom. The molecule has 0 radical (unpaired) electrons. The van der Waals surface area contributed by atoms with Crippen molar-refractivity contribution in [3.63, 3.8) is 0 Å². The molecule has 4 N–H and O–H groups in total. The number of anilines is 1. The van der Waals surface area contributed by atoms with Crippen LogP contribution in [0.1, 0.15) is 32.6 Å². The Balaban J connectivity index is 1.52. The summed E-state index contributed by atoms with van der Waals surface area (Å²) >= 11 is 0. The third kappa shape index (κ3) is 4.64. The number of hydrogen-bond donors (Lipinski definition) is 3. The number of nitrogens with zero attached hydrogens (tertiary/aromatic N) is 2. The molecule has 1 aliphatic carbocycles. The van der Waals surface area contributed by atoms with E-state index >= 15 is 0 Å². The fraction of sp³-hybridized carbons (Fsp3) is 0.591. The number of carbonyl (C=O) groups is 1. The van der Waals surface area contributed by atoms with Crippen LogP contribution in [0.3, 0.4) is 0 Å². The largest absolute Gasteiger partial charge is 0.366 e. The minimum absolute atomic E-state index is 0.0436. The van der Waals surface area contributed by atoms with E-state index in [1.165, 1.54) is 5.70 Å². The molecule has 0 spiro atoms. The number of nitrogens with one attached hydrogen (secondary N) is 2. The van der Waals surface area contributed by atoms with Gasteiger partial charge < -0.3 is 20.7 Å². The Morgan fingerprint density at radius 3 is 2.79 bits per heavy atom. The number of carbonyl (C=O) groups excluding carboxylic acids is 1. The molecular formula is C22H33N5O2. The van der Waals surface area contributed by atoms with Crippen LogP contribution in [0.5, 0.6) is 0 Å². The second-order valence-corrected chi connectivity index (χ2v) is 8.16. The van der Waals surface area contributed by atoms with Gasteiger partial charge in [-0.3, -0.25) is 9.80 Å². The first kappa shape index (κ1) is 20.3. The number of allylic oxidation sites excluding steroid dienone is 1. The van der Waals surface area contributed by atoms with E-state index in [0.29, 0.717) is 25.7 Å². The molecule has 1 saturated carbocycles. The topological polar surface area (TPSA) is 82.9 Å². The van der Waals surface area contributed by atoms with Gasteiger partial charge >= 0.3 is 0 Å². The monoisotopic (exact) mass is 399 g/mol.